The van der Waals surface area contributed by atoms with Crippen LogP contribution in [0, 0.1) is 6.92 Å². The average Bonchev–Trinajstić information content (AvgIpc) is 3.10. The molecule has 1 aliphatic heterocycles. The third-order valence-corrected chi connectivity index (χ3v) is 5.82. The summed E-state index contributed by atoms with van der Waals surface area (Å²) in [5.74, 6) is 1.25. The van der Waals surface area contributed by atoms with Gasteiger partial charge in [-0.15, -0.1) is 0 Å². The maximum absolute atomic E-state index is 13.3. The van der Waals surface area contributed by atoms with Gasteiger partial charge in [-0.3, -0.25) is 9.78 Å². The van der Waals surface area contributed by atoms with Crippen molar-refractivity contribution in [2.45, 2.75) is 26.9 Å². The van der Waals surface area contributed by atoms with Crippen LogP contribution in [0.2, 0.25) is 0 Å². The summed E-state index contributed by atoms with van der Waals surface area (Å²) in [6.07, 6.45) is 4.42. The molecule has 0 bridgehead atoms. The molecule has 33 heavy (non-hydrogen) atoms. The number of carbonyl (C=O) groups excluding carboxylic acids is 1. The number of aryl methyl sites for hydroxylation is 1. The van der Waals surface area contributed by atoms with Crippen molar-refractivity contribution < 1.29 is 14.3 Å². The molecule has 6 heteroatoms. The average molecular weight is 446 g/mol. The van der Waals surface area contributed by atoms with Crippen LogP contribution in [0.4, 0.5) is 5.69 Å². The van der Waals surface area contributed by atoms with Crippen molar-refractivity contribution in [3.05, 3.63) is 83.7 Å². The SMILES string of the molecule is CCOc1cc(C(=O)N2CCCN(c3ccc(C)cc3)CC2)ccc1OCc1ccncc1. The van der Waals surface area contributed by atoms with Crippen LogP contribution >= 0.6 is 0 Å². The molecule has 2 heterocycles. The molecule has 172 valence electrons. The van der Waals surface area contributed by atoms with Gasteiger partial charge in [0.15, 0.2) is 11.5 Å². The molecule has 0 unspecified atom stereocenters. The van der Waals surface area contributed by atoms with Gasteiger partial charge in [-0.25, -0.2) is 0 Å². The van der Waals surface area contributed by atoms with Gasteiger partial charge >= 0.3 is 0 Å². The molecule has 2 aromatic carbocycles. The summed E-state index contributed by atoms with van der Waals surface area (Å²) in [7, 11) is 0. The largest absolute Gasteiger partial charge is 0.490 e. The van der Waals surface area contributed by atoms with Crippen molar-refractivity contribution in [3.63, 3.8) is 0 Å². The van der Waals surface area contributed by atoms with E-state index >= 15 is 0 Å². The topological polar surface area (TPSA) is 54.9 Å². The summed E-state index contributed by atoms with van der Waals surface area (Å²) in [6, 6.07) is 17.9. The number of benzene rings is 2. The van der Waals surface area contributed by atoms with Gasteiger partial charge in [0, 0.05) is 49.8 Å². The Hall–Kier alpha value is -3.54. The van der Waals surface area contributed by atoms with Gasteiger partial charge in [0.05, 0.1) is 6.61 Å². The summed E-state index contributed by atoms with van der Waals surface area (Å²) >= 11 is 0. The lowest BCUT2D eigenvalue weighted by atomic mass is 10.1. The van der Waals surface area contributed by atoms with Crippen molar-refractivity contribution in [3.8, 4) is 11.5 Å². The van der Waals surface area contributed by atoms with Crippen LogP contribution in [-0.4, -0.2) is 48.6 Å². The van der Waals surface area contributed by atoms with E-state index in [-0.39, 0.29) is 5.91 Å². The van der Waals surface area contributed by atoms with Gasteiger partial charge in [-0.2, -0.15) is 0 Å². The number of hydrogen-bond acceptors (Lipinski definition) is 5. The predicted octanol–water partition coefficient (Wildman–Crippen LogP) is 4.72. The first-order valence-corrected chi connectivity index (χ1v) is 11.5. The number of carbonyl (C=O) groups is 1. The van der Waals surface area contributed by atoms with Crippen LogP contribution in [0.25, 0.3) is 0 Å². The molecular formula is C27H31N3O3. The maximum Gasteiger partial charge on any atom is 0.254 e. The third kappa shape index (κ3) is 5.83. The number of pyridine rings is 1. The second kappa shape index (κ2) is 10.9. The molecule has 0 N–H and O–H groups in total. The molecule has 1 fully saturated rings. The van der Waals surface area contributed by atoms with E-state index in [1.165, 1.54) is 11.3 Å². The molecule has 0 saturated carbocycles. The minimum atomic E-state index is 0.0300. The van der Waals surface area contributed by atoms with Crippen LogP contribution in [0.5, 0.6) is 11.5 Å². The summed E-state index contributed by atoms with van der Waals surface area (Å²) in [5, 5.41) is 0. The smallest absolute Gasteiger partial charge is 0.254 e. The number of hydrogen-bond donors (Lipinski definition) is 0. The number of nitrogens with zero attached hydrogens (tertiary/aromatic N) is 3. The van der Waals surface area contributed by atoms with E-state index in [1.807, 2.05) is 36.1 Å². The zero-order chi connectivity index (χ0) is 23.0. The van der Waals surface area contributed by atoms with E-state index < -0.39 is 0 Å². The highest BCUT2D eigenvalue weighted by molar-refractivity contribution is 5.95. The Bertz CT molecular complexity index is 1050. The van der Waals surface area contributed by atoms with E-state index in [0.29, 0.717) is 36.8 Å². The molecule has 0 radical (unpaired) electrons. The lowest BCUT2D eigenvalue weighted by Gasteiger charge is -2.24. The summed E-state index contributed by atoms with van der Waals surface area (Å²) in [5.41, 5.74) is 4.11. The Morgan fingerprint density at radius 1 is 0.909 bits per heavy atom. The molecule has 0 atom stereocenters. The number of rotatable bonds is 7. The number of aromatic nitrogens is 1. The number of ether oxygens (including phenoxy) is 2. The number of amides is 1. The summed E-state index contributed by atoms with van der Waals surface area (Å²) < 4.78 is 11.8. The molecule has 3 aromatic rings. The quantitative estimate of drug-likeness (QED) is 0.527. The van der Waals surface area contributed by atoms with Crippen molar-refractivity contribution in [1.29, 1.82) is 0 Å². The summed E-state index contributed by atoms with van der Waals surface area (Å²) in [4.78, 5) is 21.6. The van der Waals surface area contributed by atoms with Gasteiger partial charge in [0.2, 0.25) is 0 Å². The van der Waals surface area contributed by atoms with Crippen LogP contribution in [0.1, 0.15) is 34.8 Å². The van der Waals surface area contributed by atoms with Gasteiger partial charge in [-0.05, 0) is 68.3 Å². The minimum absolute atomic E-state index is 0.0300. The highest BCUT2D eigenvalue weighted by Gasteiger charge is 2.22. The fourth-order valence-corrected chi connectivity index (χ4v) is 3.99. The minimum Gasteiger partial charge on any atom is -0.490 e. The fraction of sp³-hybridized carbons (Fsp3) is 0.333. The highest BCUT2D eigenvalue weighted by Crippen LogP contribution is 2.30. The lowest BCUT2D eigenvalue weighted by molar-refractivity contribution is 0.0766. The molecule has 1 aliphatic rings. The predicted molar refractivity (Wildman–Crippen MR) is 130 cm³/mol. The first kappa shape index (κ1) is 22.6. The zero-order valence-corrected chi connectivity index (χ0v) is 19.4. The van der Waals surface area contributed by atoms with Crippen molar-refractivity contribution in [2.24, 2.45) is 0 Å². The maximum atomic E-state index is 13.3. The van der Waals surface area contributed by atoms with Crippen LogP contribution < -0.4 is 14.4 Å². The first-order chi connectivity index (χ1) is 16.1. The lowest BCUT2D eigenvalue weighted by Crippen LogP contribution is -2.35. The van der Waals surface area contributed by atoms with E-state index in [2.05, 4.69) is 41.1 Å². The van der Waals surface area contributed by atoms with Gasteiger partial charge in [0.25, 0.3) is 5.91 Å². The fourth-order valence-electron chi connectivity index (χ4n) is 3.99. The molecular weight excluding hydrogens is 414 g/mol. The third-order valence-electron chi connectivity index (χ3n) is 5.82. The van der Waals surface area contributed by atoms with Crippen molar-refractivity contribution in [2.75, 3.05) is 37.7 Å². The Morgan fingerprint density at radius 3 is 2.45 bits per heavy atom. The number of anilines is 1. The van der Waals surface area contributed by atoms with Crippen LogP contribution in [0.15, 0.2) is 67.0 Å². The van der Waals surface area contributed by atoms with Crippen LogP contribution in [-0.2, 0) is 6.61 Å². The van der Waals surface area contributed by atoms with Gasteiger partial charge in [0.1, 0.15) is 6.61 Å². The first-order valence-electron chi connectivity index (χ1n) is 11.5. The van der Waals surface area contributed by atoms with E-state index in [1.54, 1.807) is 18.5 Å². The second-order valence-electron chi connectivity index (χ2n) is 8.21. The van der Waals surface area contributed by atoms with E-state index in [0.717, 1.165) is 31.6 Å². The molecule has 1 amide bonds. The monoisotopic (exact) mass is 445 g/mol. The van der Waals surface area contributed by atoms with E-state index in [9.17, 15) is 4.79 Å². The Kier molecular flexibility index (Phi) is 7.45. The van der Waals surface area contributed by atoms with Gasteiger partial charge in [-0.1, -0.05) is 17.7 Å². The van der Waals surface area contributed by atoms with Gasteiger partial charge < -0.3 is 19.3 Å². The molecule has 0 aliphatic carbocycles. The van der Waals surface area contributed by atoms with Crippen molar-refractivity contribution >= 4 is 11.6 Å². The Labute approximate surface area is 195 Å². The standard InChI is InChI=1S/C27H31N3O3/c1-3-32-26-19-23(7-10-25(26)33-20-22-11-13-28-14-12-22)27(31)30-16-4-15-29(17-18-30)24-8-5-21(2)6-9-24/h5-14,19H,3-4,15-18,20H2,1-2H3. The second-order valence-corrected chi connectivity index (χ2v) is 8.21. The van der Waals surface area contributed by atoms with Crippen molar-refractivity contribution in [1.82, 2.24) is 9.88 Å². The van der Waals surface area contributed by atoms with Crippen LogP contribution in [0.3, 0.4) is 0 Å². The molecule has 4 rings (SSSR count). The normalized spacial score (nSPS) is 14.0. The van der Waals surface area contributed by atoms with E-state index in [4.69, 9.17) is 9.47 Å². The zero-order valence-electron chi connectivity index (χ0n) is 19.4. The molecule has 1 saturated heterocycles. The Morgan fingerprint density at radius 2 is 1.70 bits per heavy atom. The summed E-state index contributed by atoms with van der Waals surface area (Å²) in [6.45, 7) is 8.13. The molecule has 6 nitrogen and oxygen atoms in total. The Balaban J connectivity index is 1.43. The molecule has 0 spiro atoms. The highest BCUT2D eigenvalue weighted by atomic mass is 16.5. The molecule has 1 aromatic heterocycles.